The van der Waals surface area contributed by atoms with Crippen LogP contribution in [0.4, 0.5) is 0 Å². The minimum absolute atomic E-state index is 0.500. The van der Waals surface area contributed by atoms with Gasteiger partial charge in [0, 0.05) is 18.3 Å². The second kappa shape index (κ2) is 6.21. The van der Waals surface area contributed by atoms with Crippen LogP contribution < -0.4 is 4.74 Å². The zero-order valence-electron chi connectivity index (χ0n) is 10.7. The molecule has 2 aromatic rings. The number of pyridine rings is 1. The maximum atomic E-state index is 10.5. The van der Waals surface area contributed by atoms with Gasteiger partial charge in [0.2, 0.25) is 0 Å². The summed E-state index contributed by atoms with van der Waals surface area (Å²) in [6, 6.07) is 7.04. The maximum absolute atomic E-state index is 10.5. The van der Waals surface area contributed by atoms with Crippen LogP contribution in [-0.4, -0.2) is 16.1 Å². The predicted octanol–water partition coefficient (Wildman–Crippen LogP) is 3.93. The van der Waals surface area contributed by atoms with Crippen LogP contribution in [0.15, 0.2) is 42.7 Å². The third-order valence-electron chi connectivity index (χ3n) is 2.56. The number of nitrogens with zero attached hydrogens (tertiary/aromatic N) is 1. The Kier molecular flexibility index (Phi) is 4.38. The van der Waals surface area contributed by atoms with Crippen molar-refractivity contribution in [3.63, 3.8) is 0 Å². The second-order valence-corrected chi connectivity index (χ2v) is 4.57. The molecular weight excluding hydrogens is 278 g/mol. The molecule has 4 nitrogen and oxygen atoms in total. The molecule has 0 radical (unpaired) electrons. The van der Waals surface area contributed by atoms with E-state index in [1.54, 1.807) is 30.5 Å². The third-order valence-corrected chi connectivity index (χ3v) is 2.77. The highest BCUT2D eigenvalue weighted by Gasteiger charge is 2.02. The molecule has 0 fully saturated rings. The fraction of sp³-hybridized carbons (Fsp3) is 0.0667. The van der Waals surface area contributed by atoms with Crippen LogP contribution in [0.2, 0.25) is 5.02 Å². The molecule has 0 aliphatic carbocycles. The predicted molar refractivity (Wildman–Crippen MR) is 77.2 cm³/mol. The first kappa shape index (κ1) is 14.1. The molecule has 0 spiro atoms. The average Bonchev–Trinajstić information content (AvgIpc) is 2.37. The normalized spacial score (nSPS) is 10.7. The smallest absolute Gasteiger partial charge is 0.328 e. The number of carboxylic acid groups (broad SMARTS) is 1. The fourth-order valence-corrected chi connectivity index (χ4v) is 1.81. The van der Waals surface area contributed by atoms with Gasteiger partial charge in [0.05, 0.1) is 11.2 Å². The largest absolute Gasteiger partial charge is 0.478 e. The molecular formula is C15H12ClNO3. The number of carboxylic acids is 1. The van der Waals surface area contributed by atoms with Gasteiger partial charge in [-0.25, -0.2) is 4.79 Å². The molecule has 0 unspecified atom stereocenters. The van der Waals surface area contributed by atoms with E-state index in [1.807, 2.05) is 13.0 Å². The lowest BCUT2D eigenvalue weighted by Gasteiger charge is -2.08. The Morgan fingerprint density at radius 3 is 2.75 bits per heavy atom. The van der Waals surface area contributed by atoms with Crippen LogP contribution in [0, 0.1) is 6.92 Å². The SMILES string of the molecule is Cc1cc(Oc2cncc(Cl)c2)ccc1C=CC(=O)O. The van der Waals surface area contributed by atoms with Gasteiger partial charge in [-0.3, -0.25) is 4.98 Å². The molecule has 0 amide bonds. The molecule has 20 heavy (non-hydrogen) atoms. The van der Waals surface area contributed by atoms with Gasteiger partial charge in [0.1, 0.15) is 11.5 Å². The van der Waals surface area contributed by atoms with Gasteiger partial charge in [-0.2, -0.15) is 0 Å². The summed E-state index contributed by atoms with van der Waals surface area (Å²) in [5.74, 6) is 0.208. The summed E-state index contributed by atoms with van der Waals surface area (Å²) in [7, 11) is 0. The van der Waals surface area contributed by atoms with Crippen molar-refractivity contribution >= 4 is 23.6 Å². The van der Waals surface area contributed by atoms with Gasteiger partial charge < -0.3 is 9.84 Å². The maximum Gasteiger partial charge on any atom is 0.328 e. The van der Waals surface area contributed by atoms with Crippen LogP contribution in [0.5, 0.6) is 11.5 Å². The summed E-state index contributed by atoms with van der Waals surface area (Å²) in [4.78, 5) is 14.4. The summed E-state index contributed by atoms with van der Waals surface area (Å²) in [6.07, 6.45) is 5.74. The molecule has 1 N–H and O–H groups in total. The van der Waals surface area contributed by atoms with Crippen molar-refractivity contribution in [1.82, 2.24) is 4.98 Å². The standard InChI is InChI=1S/C15H12ClNO3/c1-10-6-13(4-2-11(10)3-5-15(18)19)20-14-7-12(16)8-17-9-14/h2-9H,1H3,(H,18,19). The number of ether oxygens (including phenoxy) is 1. The number of hydrogen-bond acceptors (Lipinski definition) is 3. The van der Waals surface area contributed by atoms with E-state index in [-0.39, 0.29) is 0 Å². The van der Waals surface area contributed by atoms with Crippen molar-refractivity contribution in [2.45, 2.75) is 6.92 Å². The zero-order chi connectivity index (χ0) is 14.5. The number of hydrogen-bond donors (Lipinski definition) is 1. The number of rotatable bonds is 4. The highest BCUT2D eigenvalue weighted by atomic mass is 35.5. The average molecular weight is 290 g/mol. The van der Waals surface area contributed by atoms with E-state index < -0.39 is 5.97 Å². The Morgan fingerprint density at radius 1 is 1.30 bits per heavy atom. The van der Waals surface area contributed by atoms with Gasteiger partial charge >= 0.3 is 5.97 Å². The Bertz CT molecular complexity index is 668. The van der Waals surface area contributed by atoms with Crippen molar-refractivity contribution < 1.29 is 14.6 Å². The van der Waals surface area contributed by atoms with E-state index in [9.17, 15) is 4.79 Å². The molecule has 0 saturated heterocycles. The van der Waals surface area contributed by atoms with Crippen molar-refractivity contribution in [3.05, 3.63) is 58.9 Å². The van der Waals surface area contributed by atoms with Crippen LogP contribution in [-0.2, 0) is 4.79 Å². The number of carbonyl (C=O) groups is 1. The minimum Gasteiger partial charge on any atom is -0.478 e. The van der Waals surface area contributed by atoms with E-state index in [0.29, 0.717) is 16.5 Å². The monoisotopic (exact) mass is 289 g/mol. The Balaban J connectivity index is 2.19. The molecule has 1 aromatic carbocycles. The van der Waals surface area contributed by atoms with Gasteiger partial charge in [-0.05, 0) is 36.3 Å². The van der Waals surface area contributed by atoms with Crippen LogP contribution in [0.1, 0.15) is 11.1 Å². The van der Waals surface area contributed by atoms with Crippen molar-refractivity contribution in [2.75, 3.05) is 0 Å². The molecule has 102 valence electrons. The minimum atomic E-state index is -0.977. The molecule has 0 aliphatic rings. The van der Waals surface area contributed by atoms with E-state index in [1.165, 1.54) is 6.20 Å². The van der Waals surface area contributed by atoms with E-state index in [4.69, 9.17) is 21.4 Å². The molecule has 0 saturated carbocycles. The van der Waals surface area contributed by atoms with Crippen LogP contribution >= 0.6 is 11.6 Å². The molecule has 0 bridgehead atoms. The Morgan fingerprint density at radius 2 is 2.10 bits per heavy atom. The highest BCUT2D eigenvalue weighted by molar-refractivity contribution is 6.30. The lowest BCUT2D eigenvalue weighted by Crippen LogP contribution is -1.89. The first-order valence-corrected chi connectivity index (χ1v) is 6.22. The fourth-order valence-electron chi connectivity index (χ4n) is 1.64. The van der Waals surface area contributed by atoms with E-state index in [0.717, 1.165) is 17.2 Å². The van der Waals surface area contributed by atoms with Crippen LogP contribution in [0.25, 0.3) is 6.08 Å². The van der Waals surface area contributed by atoms with Crippen molar-refractivity contribution in [3.8, 4) is 11.5 Å². The van der Waals surface area contributed by atoms with Crippen molar-refractivity contribution in [1.29, 1.82) is 0 Å². The van der Waals surface area contributed by atoms with Gasteiger partial charge in [0.25, 0.3) is 0 Å². The number of halogens is 1. The molecule has 0 atom stereocenters. The lowest BCUT2D eigenvalue weighted by molar-refractivity contribution is -0.131. The van der Waals surface area contributed by atoms with Crippen LogP contribution in [0.3, 0.4) is 0 Å². The molecule has 1 aromatic heterocycles. The number of aryl methyl sites for hydroxylation is 1. The number of aliphatic carboxylic acids is 1. The second-order valence-electron chi connectivity index (χ2n) is 4.13. The number of aromatic nitrogens is 1. The summed E-state index contributed by atoms with van der Waals surface area (Å²) in [5.41, 5.74) is 1.74. The topological polar surface area (TPSA) is 59.4 Å². The van der Waals surface area contributed by atoms with Gasteiger partial charge in [-0.15, -0.1) is 0 Å². The first-order valence-electron chi connectivity index (χ1n) is 5.84. The molecule has 5 heteroatoms. The molecule has 0 aliphatic heterocycles. The van der Waals surface area contributed by atoms with Gasteiger partial charge in [-0.1, -0.05) is 17.7 Å². The molecule has 1 heterocycles. The lowest BCUT2D eigenvalue weighted by atomic mass is 10.1. The summed E-state index contributed by atoms with van der Waals surface area (Å²) >= 11 is 5.83. The van der Waals surface area contributed by atoms with Crippen molar-refractivity contribution in [2.24, 2.45) is 0 Å². The zero-order valence-corrected chi connectivity index (χ0v) is 11.5. The van der Waals surface area contributed by atoms with E-state index >= 15 is 0 Å². The molecule has 2 rings (SSSR count). The summed E-state index contributed by atoms with van der Waals surface area (Å²) < 4.78 is 5.63. The number of benzene rings is 1. The first-order chi connectivity index (χ1) is 9.54. The summed E-state index contributed by atoms with van der Waals surface area (Å²) in [6.45, 7) is 1.88. The van der Waals surface area contributed by atoms with Gasteiger partial charge in [0.15, 0.2) is 0 Å². The quantitative estimate of drug-likeness (QED) is 0.866. The third kappa shape index (κ3) is 3.83. The summed E-state index contributed by atoms with van der Waals surface area (Å²) in [5, 5.41) is 9.11. The highest BCUT2D eigenvalue weighted by Crippen LogP contribution is 2.25. The Hall–Kier alpha value is -2.33. The van der Waals surface area contributed by atoms with E-state index in [2.05, 4.69) is 4.98 Å². The Labute approximate surface area is 121 Å².